The zero-order valence-electron chi connectivity index (χ0n) is 9.72. The van der Waals surface area contributed by atoms with Crippen LogP contribution in [0.3, 0.4) is 0 Å². The van der Waals surface area contributed by atoms with Gasteiger partial charge in [0.15, 0.2) is 0 Å². The van der Waals surface area contributed by atoms with E-state index < -0.39 is 18.8 Å². The zero-order chi connectivity index (χ0) is 12.9. The SMILES string of the molecule is CSC1CCCN(C(=O)NCC(F)(F)F)CC1. The third-order valence-electron chi connectivity index (χ3n) is 2.74. The van der Waals surface area contributed by atoms with Crippen molar-refractivity contribution in [2.75, 3.05) is 25.9 Å². The molecule has 1 rings (SSSR count). The average Bonchev–Trinajstić information content (AvgIpc) is 2.49. The molecule has 0 spiro atoms. The number of halogens is 3. The summed E-state index contributed by atoms with van der Waals surface area (Å²) in [5.41, 5.74) is 0. The Balaban J connectivity index is 2.36. The van der Waals surface area contributed by atoms with Gasteiger partial charge in [-0.3, -0.25) is 0 Å². The predicted octanol–water partition coefficient (Wildman–Crippen LogP) is 2.48. The summed E-state index contributed by atoms with van der Waals surface area (Å²) in [7, 11) is 0. The Kier molecular flexibility index (Phi) is 5.42. The summed E-state index contributed by atoms with van der Waals surface area (Å²) in [6, 6.07) is -0.607. The molecule has 1 aliphatic rings. The van der Waals surface area contributed by atoms with Crippen LogP contribution >= 0.6 is 11.8 Å². The highest BCUT2D eigenvalue weighted by Gasteiger charge is 2.29. The lowest BCUT2D eigenvalue weighted by Gasteiger charge is -2.21. The first-order chi connectivity index (χ1) is 7.92. The number of thioether (sulfide) groups is 1. The fraction of sp³-hybridized carbons (Fsp3) is 0.900. The van der Waals surface area contributed by atoms with E-state index in [1.54, 1.807) is 11.8 Å². The van der Waals surface area contributed by atoms with E-state index in [0.717, 1.165) is 19.3 Å². The van der Waals surface area contributed by atoms with Crippen molar-refractivity contribution in [1.82, 2.24) is 10.2 Å². The number of urea groups is 1. The minimum absolute atomic E-state index is 0.510. The minimum atomic E-state index is -4.34. The molecule has 0 bridgehead atoms. The van der Waals surface area contributed by atoms with Crippen molar-refractivity contribution in [2.45, 2.75) is 30.7 Å². The van der Waals surface area contributed by atoms with Crippen molar-refractivity contribution in [1.29, 1.82) is 0 Å². The molecule has 100 valence electrons. The second-order valence-corrected chi connectivity index (χ2v) is 5.19. The van der Waals surface area contributed by atoms with Gasteiger partial charge in [-0.05, 0) is 25.5 Å². The van der Waals surface area contributed by atoms with E-state index in [1.807, 2.05) is 11.6 Å². The quantitative estimate of drug-likeness (QED) is 0.836. The van der Waals surface area contributed by atoms with E-state index in [0.29, 0.717) is 18.3 Å². The molecule has 0 radical (unpaired) electrons. The molecule has 1 heterocycles. The normalized spacial score (nSPS) is 22.1. The first-order valence-corrected chi connectivity index (χ1v) is 6.83. The van der Waals surface area contributed by atoms with Crippen LogP contribution in [0.25, 0.3) is 0 Å². The van der Waals surface area contributed by atoms with Gasteiger partial charge in [-0.25, -0.2) is 4.79 Å². The number of likely N-dealkylation sites (tertiary alicyclic amines) is 1. The summed E-state index contributed by atoms with van der Waals surface area (Å²) in [5.74, 6) is 0. The molecular weight excluding hydrogens is 253 g/mol. The van der Waals surface area contributed by atoms with Gasteiger partial charge >= 0.3 is 12.2 Å². The highest BCUT2D eigenvalue weighted by molar-refractivity contribution is 7.99. The number of nitrogens with one attached hydrogen (secondary N) is 1. The van der Waals surface area contributed by atoms with Crippen LogP contribution in [-0.2, 0) is 0 Å². The first kappa shape index (κ1) is 14.5. The molecule has 0 aromatic rings. The van der Waals surface area contributed by atoms with E-state index in [-0.39, 0.29) is 0 Å². The summed E-state index contributed by atoms with van der Waals surface area (Å²) in [6.45, 7) is -0.176. The molecule has 0 aliphatic carbocycles. The maximum Gasteiger partial charge on any atom is 0.405 e. The van der Waals surface area contributed by atoms with E-state index in [2.05, 4.69) is 0 Å². The van der Waals surface area contributed by atoms with Gasteiger partial charge in [0.05, 0.1) is 0 Å². The lowest BCUT2D eigenvalue weighted by atomic mass is 10.2. The summed E-state index contributed by atoms with van der Waals surface area (Å²) in [6.07, 6.45) is 0.392. The third-order valence-corrected chi connectivity index (χ3v) is 3.87. The van der Waals surface area contributed by atoms with Crippen molar-refractivity contribution in [3.8, 4) is 0 Å². The topological polar surface area (TPSA) is 32.3 Å². The third kappa shape index (κ3) is 5.52. The van der Waals surface area contributed by atoms with Crippen LogP contribution < -0.4 is 5.32 Å². The summed E-state index contributed by atoms with van der Waals surface area (Å²) in [4.78, 5) is 13.0. The molecule has 1 N–H and O–H groups in total. The van der Waals surface area contributed by atoms with Gasteiger partial charge in [-0.15, -0.1) is 0 Å². The summed E-state index contributed by atoms with van der Waals surface area (Å²) < 4.78 is 35.8. The van der Waals surface area contributed by atoms with Crippen LogP contribution in [0.2, 0.25) is 0 Å². The van der Waals surface area contributed by atoms with Crippen molar-refractivity contribution in [2.24, 2.45) is 0 Å². The highest BCUT2D eigenvalue weighted by Crippen LogP contribution is 2.21. The van der Waals surface area contributed by atoms with Crippen molar-refractivity contribution in [3.05, 3.63) is 0 Å². The highest BCUT2D eigenvalue weighted by atomic mass is 32.2. The van der Waals surface area contributed by atoms with Crippen molar-refractivity contribution >= 4 is 17.8 Å². The lowest BCUT2D eigenvalue weighted by molar-refractivity contribution is -0.123. The first-order valence-electron chi connectivity index (χ1n) is 5.54. The smallest absolute Gasteiger partial charge is 0.329 e. The number of alkyl halides is 3. The molecule has 0 saturated carbocycles. The van der Waals surface area contributed by atoms with Crippen LogP contribution in [0.15, 0.2) is 0 Å². The molecule has 17 heavy (non-hydrogen) atoms. The molecule has 7 heteroatoms. The molecule has 0 aromatic heterocycles. The van der Waals surface area contributed by atoms with Gasteiger partial charge in [-0.2, -0.15) is 24.9 Å². The molecule has 1 unspecified atom stereocenters. The monoisotopic (exact) mass is 270 g/mol. The predicted molar refractivity (Wildman–Crippen MR) is 62.2 cm³/mol. The van der Waals surface area contributed by atoms with E-state index >= 15 is 0 Å². The standard InChI is InChI=1S/C10H17F3N2OS/c1-17-8-3-2-5-15(6-4-8)9(16)14-7-10(11,12)13/h8H,2-7H2,1H3,(H,14,16). The molecule has 1 fully saturated rings. The number of carbonyl (C=O) groups excluding carboxylic acids is 1. The van der Waals surface area contributed by atoms with Gasteiger partial charge in [-0.1, -0.05) is 0 Å². The zero-order valence-corrected chi connectivity index (χ0v) is 10.5. The molecule has 3 nitrogen and oxygen atoms in total. The molecule has 1 aliphatic heterocycles. The van der Waals surface area contributed by atoms with Gasteiger partial charge < -0.3 is 10.2 Å². The second-order valence-electron chi connectivity index (χ2n) is 4.05. The Morgan fingerprint density at radius 2 is 2.12 bits per heavy atom. The molecule has 0 aromatic carbocycles. The van der Waals surface area contributed by atoms with Gasteiger partial charge in [0.2, 0.25) is 0 Å². The van der Waals surface area contributed by atoms with Gasteiger partial charge in [0, 0.05) is 18.3 Å². The minimum Gasteiger partial charge on any atom is -0.329 e. The lowest BCUT2D eigenvalue weighted by Crippen LogP contribution is -2.44. The Morgan fingerprint density at radius 3 is 2.71 bits per heavy atom. The fourth-order valence-electron chi connectivity index (χ4n) is 1.79. The van der Waals surface area contributed by atoms with Gasteiger partial charge in [0.1, 0.15) is 6.54 Å². The molecule has 2 amide bonds. The van der Waals surface area contributed by atoms with Crippen molar-refractivity contribution < 1.29 is 18.0 Å². The number of amides is 2. The fourth-order valence-corrected chi connectivity index (χ4v) is 2.54. The van der Waals surface area contributed by atoms with Crippen molar-refractivity contribution in [3.63, 3.8) is 0 Å². The van der Waals surface area contributed by atoms with Crippen LogP contribution in [0, 0.1) is 0 Å². The number of carbonyl (C=O) groups is 1. The number of hydrogen-bond acceptors (Lipinski definition) is 2. The Morgan fingerprint density at radius 1 is 1.41 bits per heavy atom. The Labute approximate surface area is 103 Å². The van der Waals surface area contributed by atoms with Crippen LogP contribution in [-0.4, -0.2) is 48.2 Å². The van der Waals surface area contributed by atoms with E-state index in [9.17, 15) is 18.0 Å². The number of rotatable bonds is 2. The number of hydrogen-bond donors (Lipinski definition) is 1. The number of nitrogens with zero attached hydrogens (tertiary/aromatic N) is 1. The largest absolute Gasteiger partial charge is 0.405 e. The second kappa shape index (κ2) is 6.37. The van der Waals surface area contributed by atoms with Gasteiger partial charge in [0.25, 0.3) is 0 Å². The van der Waals surface area contributed by atoms with Crippen LogP contribution in [0.5, 0.6) is 0 Å². The molecule has 1 saturated heterocycles. The Hall–Kier alpha value is -0.590. The molecular formula is C10H17F3N2OS. The van der Waals surface area contributed by atoms with E-state index in [4.69, 9.17) is 0 Å². The van der Waals surface area contributed by atoms with Crippen LogP contribution in [0.1, 0.15) is 19.3 Å². The summed E-state index contributed by atoms with van der Waals surface area (Å²) in [5, 5.41) is 2.42. The summed E-state index contributed by atoms with van der Waals surface area (Å²) >= 11 is 1.75. The maximum absolute atomic E-state index is 11.9. The molecule has 1 atom stereocenters. The average molecular weight is 270 g/mol. The maximum atomic E-state index is 11.9. The Bertz CT molecular complexity index is 260. The van der Waals surface area contributed by atoms with Crippen LogP contribution in [0.4, 0.5) is 18.0 Å². The van der Waals surface area contributed by atoms with E-state index in [1.165, 1.54) is 4.90 Å².